The highest BCUT2D eigenvalue weighted by atomic mass is 32.2. The molecule has 1 saturated carbocycles. The number of nitrogens with zero attached hydrogens (tertiary/aromatic N) is 4. The maximum Gasteiger partial charge on any atom is 0.291 e. The molecule has 3 aromatic rings. The molecular formula is C18H20F3N5OS2. The highest BCUT2D eigenvalue weighted by Crippen LogP contribution is 2.39. The van der Waals surface area contributed by atoms with Crippen LogP contribution >= 0.6 is 23.3 Å². The van der Waals surface area contributed by atoms with Crippen LogP contribution in [0.3, 0.4) is 0 Å². The van der Waals surface area contributed by atoms with Crippen LogP contribution in [0.25, 0.3) is 16.3 Å². The molecule has 3 heterocycles. The normalized spacial score (nSPS) is 15.5. The third kappa shape index (κ3) is 4.42. The summed E-state index contributed by atoms with van der Waals surface area (Å²) in [6, 6.07) is 3.88. The molecule has 29 heavy (non-hydrogen) atoms. The van der Waals surface area contributed by atoms with Crippen molar-refractivity contribution < 1.29 is 17.9 Å². The zero-order valence-electron chi connectivity index (χ0n) is 15.7. The number of aromatic nitrogens is 4. The van der Waals surface area contributed by atoms with E-state index in [1.165, 1.54) is 11.9 Å². The van der Waals surface area contributed by atoms with E-state index >= 15 is 0 Å². The lowest BCUT2D eigenvalue weighted by Crippen LogP contribution is -2.27. The van der Waals surface area contributed by atoms with Crippen molar-refractivity contribution >= 4 is 28.8 Å². The highest BCUT2D eigenvalue weighted by molar-refractivity contribution is 7.97. The molecule has 0 bridgehead atoms. The number of halogens is 3. The minimum Gasteiger partial charge on any atom is -0.385 e. The van der Waals surface area contributed by atoms with Crippen LogP contribution in [0.1, 0.15) is 36.4 Å². The summed E-state index contributed by atoms with van der Waals surface area (Å²) in [5.74, 6) is 0.478. The first-order valence-electron chi connectivity index (χ1n) is 9.17. The van der Waals surface area contributed by atoms with Gasteiger partial charge >= 0.3 is 0 Å². The Balaban J connectivity index is 1.67. The summed E-state index contributed by atoms with van der Waals surface area (Å²) in [4.78, 5) is 5.54. The summed E-state index contributed by atoms with van der Waals surface area (Å²) in [6.45, 7) is 0.204. The number of alkyl halides is 3. The van der Waals surface area contributed by atoms with E-state index in [-0.39, 0.29) is 5.01 Å². The fourth-order valence-electron chi connectivity index (χ4n) is 2.90. The number of fused-ring (bicyclic) bond motifs is 1. The second-order valence-corrected chi connectivity index (χ2v) is 8.85. The van der Waals surface area contributed by atoms with Gasteiger partial charge in [-0.05, 0) is 49.8 Å². The summed E-state index contributed by atoms with van der Waals surface area (Å²) >= 11 is 2.20. The molecule has 1 N–H and O–H groups in total. The van der Waals surface area contributed by atoms with Gasteiger partial charge < -0.3 is 4.74 Å². The Bertz CT molecular complexity index is 989. The molecule has 1 fully saturated rings. The molecule has 0 radical (unpaired) electrons. The second kappa shape index (κ2) is 8.58. The first-order valence-corrected chi connectivity index (χ1v) is 10.8. The van der Waals surface area contributed by atoms with Gasteiger partial charge in [0.1, 0.15) is 6.67 Å². The van der Waals surface area contributed by atoms with Crippen molar-refractivity contribution in [2.24, 2.45) is 0 Å². The number of hydrogen-bond acceptors (Lipinski definition) is 7. The lowest BCUT2D eigenvalue weighted by Gasteiger charge is -2.12. The fourth-order valence-corrected chi connectivity index (χ4v) is 4.48. The molecule has 0 saturated heterocycles. The first kappa shape index (κ1) is 20.6. The van der Waals surface area contributed by atoms with Crippen molar-refractivity contribution in [3.63, 3.8) is 0 Å². The molecule has 156 valence electrons. The molecule has 0 atom stereocenters. The van der Waals surface area contributed by atoms with E-state index in [0.29, 0.717) is 23.9 Å². The topological polar surface area (TPSA) is 64.3 Å². The SMILES string of the molecule is COCCCc1nc(-c2nnc(C(F)F)s2)n2cc(SNC3(CF)CC3)ccc12. The molecular weight excluding hydrogens is 423 g/mol. The van der Waals surface area contributed by atoms with Gasteiger partial charge in [-0.2, -0.15) is 0 Å². The van der Waals surface area contributed by atoms with E-state index in [0.717, 1.165) is 46.7 Å². The van der Waals surface area contributed by atoms with Crippen molar-refractivity contribution in [2.75, 3.05) is 20.4 Å². The van der Waals surface area contributed by atoms with Crippen molar-refractivity contribution in [3.05, 3.63) is 29.0 Å². The quantitative estimate of drug-likeness (QED) is 0.369. The zero-order valence-corrected chi connectivity index (χ0v) is 17.3. The lowest BCUT2D eigenvalue weighted by atomic mass is 10.2. The number of aryl methyl sites for hydroxylation is 1. The monoisotopic (exact) mass is 443 g/mol. The summed E-state index contributed by atoms with van der Waals surface area (Å²) < 4.78 is 49.2. The Morgan fingerprint density at radius 3 is 2.83 bits per heavy atom. The van der Waals surface area contributed by atoms with Crippen molar-refractivity contribution in [3.8, 4) is 10.8 Å². The molecule has 4 rings (SSSR count). The molecule has 3 aromatic heterocycles. The number of ether oxygens (including phenoxy) is 1. The third-order valence-corrected chi connectivity index (χ3v) is 6.70. The van der Waals surface area contributed by atoms with E-state index in [4.69, 9.17) is 4.74 Å². The molecule has 0 spiro atoms. The maximum atomic E-state index is 13.1. The number of rotatable bonds is 10. The van der Waals surface area contributed by atoms with E-state index in [9.17, 15) is 13.2 Å². The van der Waals surface area contributed by atoms with E-state index < -0.39 is 18.6 Å². The van der Waals surface area contributed by atoms with E-state index in [2.05, 4.69) is 19.9 Å². The van der Waals surface area contributed by atoms with Gasteiger partial charge in [0.05, 0.1) is 16.7 Å². The number of imidazole rings is 1. The van der Waals surface area contributed by atoms with Gasteiger partial charge in [-0.25, -0.2) is 18.2 Å². The van der Waals surface area contributed by atoms with Crippen LogP contribution in [0, 0.1) is 0 Å². The number of methoxy groups -OCH3 is 1. The fraction of sp³-hybridized carbons (Fsp3) is 0.500. The van der Waals surface area contributed by atoms with Crippen molar-refractivity contribution in [2.45, 2.75) is 42.5 Å². The Morgan fingerprint density at radius 2 is 2.17 bits per heavy atom. The van der Waals surface area contributed by atoms with Crippen LogP contribution in [-0.4, -0.2) is 45.5 Å². The Labute approximate surface area is 174 Å². The van der Waals surface area contributed by atoms with Crippen LogP contribution in [0.2, 0.25) is 0 Å². The molecule has 1 aliphatic carbocycles. The number of nitrogens with one attached hydrogen (secondary N) is 1. The molecule has 0 unspecified atom stereocenters. The largest absolute Gasteiger partial charge is 0.385 e. The molecule has 6 nitrogen and oxygen atoms in total. The zero-order chi connectivity index (χ0) is 20.4. The standard InChI is InChI=1S/C18H20F3N5OS2/c1-27-8-2-3-12-13-5-4-11(29-25-18(10-19)6-7-18)9-26(13)15(22-12)17-24-23-16(28-17)14(20)21/h4-5,9,14,25H,2-3,6-8,10H2,1H3. The highest BCUT2D eigenvalue weighted by Gasteiger charge is 2.42. The molecule has 0 aliphatic heterocycles. The van der Waals surface area contributed by atoms with Gasteiger partial charge in [0.2, 0.25) is 0 Å². The second-order valence-electron chi connectivity index (χ2n) is 6.96. The maximum absolute atomic E-state index is 13.1. The summed E-state index contributed by atoms with van der Waals surface area (Å²) in [6.07, 6.45) is 2.32. The molecule has 1 aliphatic rings. The molecule has 11 heteroatoms. The minimum atomic E-state index is -2.67. The van der Waals surface area contributed by atoms with Crippen LogP contribution < -0.4 is 4.72 Å². The van der Waals surface area contributed by atoms with Gasteiger partial charge in [-0.1, -0.05) is 11.3 Å². The van der Waals surface area contributed by atoms with Crippen LogP contribution in [0.5, 0.6) is 0 Å². The van der Waals surface area contributed by atoms with Crippen LogP contribution in [-0.2, 0) is 11.2 Å². The summed E-state index contributed by atoms with van der Waals surface area (Å²) in [5, 5.41) is 7.50. The van der Waals surface area contributed by atoms with Crippen molar-refractivity contribution in [1.29, 1.82) is 0 Å². The van der Waals surface area contributed by atoms with E-state index in [1.54, 1.807) is 7.11 Å². The van der Waals surface area contributed by atoms with Crippen molar-refractivity contribution in [1.82, 2.24) is 24.3 Å². The molecule has 0 aromatic carbocycles. The average Bonchev–Trinajstić information content (AvgIpc) is 3.17. The summed E-state index contributed by atoms with van der Waals surface area (Å²) in [7, 11) is 1.64. The average molecular weight is 444 g/mol. The predicted molar refractivity (Wildman–Crippen MR) is 106 cm³/mol. The Morgan fingerprint density at radius 1 is 1.34 bits per heavy atom. The lowest BCUT2D eigenvalue weighted by molar-refractivity contribution is 0.150. The number of hydrogen-bond donors (Lipinski definition) is 1. The smallest absolute Gasteiger partial charge is 0.291 e. The minimum absolute atomic E-state index is 0.330. The van der Waals surface area contributed by atoms with Crippen LogP contribution in [0.15, 0.2) is 23.2 Å². The van der Waals surface area contributed by atoms with Gasteiger partial charge in [0, 0.05) is 24.8 Å². The predicted octanol–water partition coefficient (Wildman–Crippen LogP) is 4.47. The first-order chi connectivity index (χ1) is 14.0. The van der Waals surface area contributed by atoms with Gasteiger partial charge in [-0.15, -0.1) is 10.2 Å². The third-order valence-electron chi connectivity index (χ3n) is 4.76. The van der Waals surface area contributed by atoms with Gasteiger partial charge in [-0.3, -0.25) is 9.12 Å². The summed E-state index contributed by atoms with van der Waals surface area (Å²) in [5.41, 5.74) is 1.30. The van der Waals surface area contributed by atoms with E-state index in [1.807, 2.05) is 22.7 Å². The van der Waals surface area contributed by atoms with Crippen LogP contribution in [0.4, 0.5) is 13.2 Å². The Hall–Kier alpha value is -1.69. The van der Waals surface area contributed by atoms with Gasteiger partial charge in [0.15, 0.2) is 15.8 Å². The molecule has 0 amide bonds. The number of pyridine rings is 1. The Kier molecular flexibility index (Phi) is 6.09. The van der Waals surface area contributed by atoms with Gasteiger partial charge in [0.25, 0.3) is 6.43 Å².